The van der Waals surface area contributed by atoms with Crippen LogP contribution in [0.1, 0.15) is 28.7 Å². The van der Waals surface area contributed by atoms with E-state index in [4.69, 9.17) is 32.7 Å². The van der Waals surface area contributed by atoms with Crippen molar-refractivity contribution in [3.8, 4) is 11.5 Å². The van der Waals surface area contributed by atoms with Crippen LogP contribution in [0.25, 0.3) is 0 Å². The first-order valence-electron chi connectivity index (χ1n) is 8.48. The maximum absolute atomic E-state index is 13.0. The van der Waals surface area contributed by atoms with Gasteiger partial charge in [0.05, 0.1) is 16.7 Å². The molecular formula is C20H20Cl2F2O2. The molecule has 0 fully saturated rings. The Morgan fingerprint density at radius 1 is 0.962 bits per heavy atom. The molecule has 2 aliphatic rings. The third kappa shape index (κ3) is 4.07. The summed E-state index contributed by atoms with van der Waals surface area (Å²) >= 11 is 12.0. The summed E-state index contributed by atoms with van der Waals surface area (Å²) in [6.45, 7) is 4.03. The molecule has 0 N–H and O–H groups in total. The van der Waals surface area contributed by atoms with E-state index in [2.05, 4.69) is 12.1 Å². The van der Waals surface area contributed by atoms with Crippen molar-refractivity contribution in [1.29, 1.82) is 0 Å². The molecule has 0 bridgehead atoms. The van der Waals surface area contributed by atoms with E-state index in [0.717, 1.165) is 41.3 Å². The van der Waals surface area contributed by atoms with Crippen molar-refractivity contribution in [3.63, 3.8) is 0 Å². The van der Waals surface area contributed by atoms with Gasteiger partial charge in [-0.05, 0) is 49.4 Å². The van der Waals surface area contributed by atoms with Gasteiger partial charge < -0.3 is 9.47 Å². The van der Waals surface area contributed by atoms with Crippen LogP contribution in [0.5, 0.6) is 11.5 Å². The van der Waals surface area contributed by atoms with Gasteiger partial charge in [-0.2, -0.15) is 0 Å². The number of halogens is 4. The summed E-state index contributed by atoms with van der Waals surface area (Å²) in [4.78, 5) is 0. The van der Waals surface area contributed by atoms with Crippen molar-refractivity contribution >= 4 is 23.2 Å². The Balaban J connectivity index is 0.000000152. The number of hydrogen-bond donors (Lipinski definition) is 0. The topological polar surface area (TPSA) is 18.5 Å². The maximum Gasteiger partial charge on any atom is 0.285 e. The zero-order chi connectivity index (χ0) is 18.9. The average Bonchev–Trinajstić information content (AvgIpc) is 2.62. The van der Waals surface area contributed by atoms with Gasteiger partial charge in [-0.25, -0.2) is 8.78 Å². The number of fused-ring (bicyclic) bond motifs is 2. The predicted octanol–water partition coefficient (Wildman–Crippen LogP) is 6.19. The van der Waals surface area contributed by atoms with E-state index in [9.17, 15) is 8.78 Å². The highest BCUT2D eigenvalue weighted by atomic mass is 35.5. The predicted molar refractivity (Wildman–Crippen MR) is 100 cm³/mol. The van der Waals surface area contributed by atoms with Gasteiger partial charge in [0.1, 0.15) is 11.5 Å². The van der Waals surface area contributed by atoms with Crippen molar-refractivity contribution in [3.05, 3.63) is 56.6 Å². The molecule has 0 aliphatic carbocycles. The van der Waals surface area contributed by atoms with Crippen LogP contribution >= 0.6 is 23.2 Å². The van der Waals surface area contributed by atoms with E-state index >= 15 is 0 Å². The molecule has 0 amide bonds. The van der Waals surface area contributed by atoms with Crippen LogP contribution in [0.15, 0.2) is 24.3 Å². The van der Waals surface area contributed by atoms with Crippen LogP contribution in [-0.4, -0.2) is 19.1 Å². The molecule has 0 atom stereocenters. The number of ether oxygens (including phenoxy) is 2. The Morgan fingerprint density at radius 2 is 1.65 bits per heavy atom. The van der Waals surface area contributed by atoms with E-state index in [1.54, 1.807) is 19.1 Å². The van der Waals surface area contributed by atoms with Gasteiger partial charge >= 0.3 is 0 Å². The van der Waals surface area contributed by atoms with Crippen LogP contribution in [0.2, 0.25) is 10.0 Å². The molecule has 0 saturated heterocycles. The van der Waals surface area contributed by atoms with Crippen LogP contribution in [0.3, 0.4) is 0 Å². The molecule has 0 radical (unpaired) electrons. The summed E-state index contributed by atoms with van der Waals surface area (Å²) in [5, 5.41) is 1.18. The van der Waals surface area contributed by atoms with E-state index in [1.165, 1.54) is 5.56 Å². The molecule has 0 aromatic heterocycles. The Morgan fingerprint density at radius 3 is 2.42 bits per heavy atom. The summed E-state index contributed by atoms with van der Waals surface area (Å²) < 4.78 is 36.5. The number of rotatable bonds is 0. The van der Waals surface area contributed by atoms with Crippen molar-refractivity contribution in [2.75, 3.05) is 13.2 Å². The van der Waals surface area contributed by atoms with Crippen molar-refractivity contribution in [2.24, 2.45) is 0 Å². The molecular weight excluding hydrogens is 381 g/mol. The van der Waals surface area contributed by atoms with E-state index in [-0.39, 0.29) is 6.42 Å². The van der Waals surface area contributed by atoms with Gasteiger partial charge in [0, 0.05) is 12.0 Å². The molecule has 2 aliphatic heterocycles. The second kappa shape index (κ2) is 7.61. The minimum atomic E-state index is -2.80. The smallest absolute Gasteiger partial charge is 0.285 e. The third-order valence-corrected chi connectivity index (χ3v) is 5.47. The molecule has 26 heavy (non-hydrogen) atoms. The fraction of sp³-hybridized carbons (Fsp3) is 0.400. The highest BCUT2D eigenvalue weighted by molar-refractivity contribution is 6.33. The standard InChI is InChI=1S/C10H9ClF2O.C10H11ClO/c1-6-2-3-8-7(9(6)11)4-10(12,13)5-14-8;1-7-4-5-8-3-2-6-12-10(8)9(7)11/h2-3H,4-5H2,1H3;4-5H,2-3,6H2,1H3. The summed E-state index contributed by atoms with van der Waals surface area (Å²) in [5.41, 5.74) is 3.56. The Labute approximate surface area is 162 Å². The van der Waals surface area contributed by atoms with Gasteiger partial charge in [0.2, 0.25) is 0 Å². The number of benzene rings is 2. The molecule has 0 spiro atoms. The summed E-state index contributed by atoms with van der Waals surface area (Å²) in [7, 11) is 0. The Kier molecular flexibility index (Phi) is 5.64. The fourth-order valence-electron chi connectivity index (χ4n) is 3.00. The fourth-order valence-corrected chi connectivity index (χ4v) is 3.46. The van der Waals surface area contributed by atoms with Crippen molar-refractivity contribution < 1.29 is 18.3 Å². The SMILES string of the molecule is Cc1ccc2c(c1Cl)CC(F)(F)CO2.Cc1ccc2c(c1Cl)OCCC2. The van der Waals surface area contributed by atoms with E-state index < -0.39 is 12.5 Å². The largest absolute Gasteiger partial charge is 0.492 e. The van der Waals surface area contributed by atoms with Gasteiger partial charge in [-0.3, -0.25) is 0 Å². The first-order valence-corrected chi connectivity index (χ1v) is 9.23. The maximum atomic E-state index is 13.0. The molecule has 2 aromatic rings. The van der Waals surface area contributed by atoms with Crippen LogP contribution < -0.4 is 9.47 Å². The molecule has 2 nitrogen and oxygen atoms in total. The molecule has 0 saturated carbocycles. The monoisotopic (exact) mass is 400 g/mol. The van der Waals surface area contributed by atoms with E-state index in [1.807, 2.05) is 6.92 Å². The summed E-state index contributed by atoms with van der Waals surface area (Å²) in [6.07, 6.45) is 1.87. The van der Waals surface area contributed by atoms with Crippen molar-refractivity contribution in [1.82, 2.24) is 0 Å². The van der Waals surface area contributed by atoms with Gasteiger partial charge in [-0.15, -0.1) is 0 Å². The normalized spacial score (nSPS) is 17.0. The molecule has 140 valence electrons. The van der Waals surface area contributed by atoms with Crippen LogP contribution in [0.4, 0.5) is 8.78 Å². The highest BCUT2D eigenvalue weighted by Crippen LogP contribution is 2.38. The lowest BCUT2D eigenvalue weighted by Crippen LogP contribution is -2.32. The second-order valence-electron chi connectivity index (χ2n) is 6.63. The minimum Gasteiger partial charge on any atom is -0.492 e. The molecule has 4 rings (SSSR count). The summed E-state index contributed by atoms with van der Waals surface area (Å²) in [5.74, 6) is -1.42. The van der Waals surface area contributed by atoms with Crippen molar-refractivity contribution in [2.45, 2.75) is 39.0 Å². The third-order valence-electron chi connectivity index (χ3n) is 4.48. The quantitative estimate of drug-likeness (QED) is 0.524. The highest BCUT2D eigenvalue weighted by Gasteiger charge is 2.37. The average molecular weight is 401 g/mol. The zero-order valence-electron chi connectivity index (χ0n) is 14.7. The minimum absolute atomic E-state index is 0.331. The number of aryl methyl sites for hydroxylation is 3. The first-order chi connectivity index (χ1) is 12.3. The molecule has 6 heteroatoms. The van der Waals surface area contributed by atoms with Gasteiger partial charge in [0.25, 0.3) is 5.92 Å². The number of hydrogen-bond acceptors (Lipinski definition) is 2. The van der Waals surface area contributed by atoms with E-state index in [0.29, 0.717) is 16.3 Å². The van der Waals surface area contributed by atoms with Gasteiger partial charge in [-0.1, -0.05) is 41.4 Å². The lowest BCUT2D eigenvalue weighted by Gasteiger charge is -2.26. The Bertz CT molecular complexity index is 822. The summed E-state index contributed by atoms with van der Waals surface area (Å²) in [6, 6.07) is 7.61. The molecule has 2 aromatic carbocycles. The second-order valence-corrected chi connectivity index (χ2v) is 7.39. The molecule has 2 heterocycles. The van der Waals surface area contributed by atoms with Crippen LogP contribution in [-0.2, 0) is 12.8 Å². The van der Waals surface area contributed by atoms with Gasteiger partial charge in [0.15, 0.2) is 6.61 Å². The molecule has 0 unspecified atom stereocenters. The Hall–Kier alpha value is -1.52. The zero-order valence-corrected chi connectivity index (χ0v) is 16.2. The lowest BCUT2D eigenvalue weighted by molar-refractivity contribution is -0.0514. The van der Waals surface area contributed by atoms with Crippen LogP contribution in [0, 0.1) is 13.8 Å². The first kappa shape index (κ1) is 19.2. The number of alkyl halides is 2. The lowest BCUT2D eigenvalue weighted by atomic mass is 10.0.